The maximum Gasteiger partial charge on any atom is 0.217 e. The Balaban J connectivity index is 1.95. The molecule has 3 rings (SSSR count). The van der Waals surface area contributed by atoms with Gasteiger partial charge in [0.25, 0.3) is 0 Å². The minimum absolute atomic E-state index is 0.448. The topological polar surface area (TPSA) is 69.9 Å². The SMILES string of the molecule is Nc1cnn(Cc2nc3ccc(Cl)cc3o2)c1. The molecule has 5 nitrogen and oxygen atoms in total. The van der Waals surface area contributed by atoms with Crippen molar-refractivity contribution >= 4 is 28.4 Å². The fourth-order valence-corrected chi connectivity index (χ4v) is 1.78. The number of aromatic nitrogens is 3. The van der Waals surface area contributed by atoms with E-state index in [9.17, 15) is 0 Å². The number of benzene rings is 1. The van der Waals surface area contributed by atoms with Crippen LogP contribution in [0.5, 0.6) is 0 Å². The summed E-state index contributed by atoms with van der Waals surface area (Å²) in [6, 6.07) is 5.34. The first-order valence-corrected chi connectivity index (χ1v) is 5.41. The smallest absolute Gasteiger partial charge is 0.217 e. The summed E-state index contributed by atoms with van der Waals surface area (Å²) in [5.74, 6) is 0.574. The summed E-state index contributed by atoms with van der Waals surface area (Å²) in [7, 11) is 0. The van der Waals surface area contributed by atoms with E-state index in [1.807, 2.05) is 6.07 Å². The molecule has 0 saturated carbocycles. The quantitative estimate of drug-likeness (QED) is 0.756. The van der Waals surface area contributed by atoms with Gasteiger partial charge < -0.3 is 10.2 Å². The van der Waals surface area contributed by atoms with E-state index in [2.05, 4.69) is 10.1 Å². The lowest BCUT2D eigenvalue weighted by Crippen LogP contribution is -1.99. The second kappa shape index (κ2) is 3.78. The molecule has 0 aliphatic rings. The summed E-state index contributed by atoms with van der Waals surface area (Å²) in [6.45, 7) is 0.448. The third-order valence-electron chi connectivity index (χ3n) is 2.35. The van der Waals surface area contributed by atoms with Crippen LogP contribution in [0.4, 0.5) is 5.69 Å². The maximum atomic E-state index is 5.87. The van der Waals surface area contributed by atoms with E-state index in [0.717, 1.165) is 5.52 Å². The third kappa shape index (κ3) is 1.97. The van der Waals surface area contributed by atoms with Crippen LogP contribution in [-0.2, 0) is 6.54 Å². The number of rotatable bonds is 2. The molecule has 0 aliphatic heterocycles. The van der Waals surface area contributed by atoms with Gasteiger partial charge in [0.1, 0.15) is 12.1 Å². The molecule has 0 atom stereocenters. The number of nitrogen functional groups attached to an aromatic ring is 1. The van der Waals surface area contributed by atoms with E-state index in [-0.39, 0.29) is 0 Å². The minimum Gasteiger partial charge on any atom is -0.439 e. The molecule has 0 aliphatic carbocycles. The Hall–Kier alpha value is -2.01. The second-order valence-electron chi connectivity index (χ2n) is 3.69. The van der Waals surface area contributed by atoms with Gasteiger partial charge in [0.15, 0.2) is 5.58 Å². The normalized spacial score (nSPS) is 11.1. The zero-order valence-corrected chi connectivity index (χ0v) is 9.55. The highest BCUT2D eigenvalue weighted by Crippen LogP contribution is 2.20. The zero-order valence-electron chi connectivity index (χ0n) is 8.80. The fraction of sp³-hybridized carbons (Fsp3) is 0.0909. The summed E-state index contributed by atoms with van der Waals surface area (Å²) in [5, 5.41) is 4.69. The van der Waals surface area contributed by atoms with Crippen molar-refractivity contribution in [2.75, 3.05) is 5.73 Å². The lowest BCUT2D eigenvalue weighted by Gasteiger charge is -1.94. The van der Waals surface area contributed by atoms with Crippen LogP contribution in [0.2, 0.25) is 5.02 Å². The molecule has 0 bridgehead atoms. The van der Waals surface area contributed by atoms with Gasteiger partial charge in [-0.3, -0.25) is 4.68 Å². The van der Waals surface area contributed by atoms with Crippen LogP contribution in [0.1, 0.15) is 5.89 Å². The number of hydrogen-bond acceptors (Lipinski definition) is 4. The Morgan fingerprint density at radius 2 is 2.29 bits per heavy atom. The van der Waals surface area contributed by atoms with Crippen molar-refractivity contribution in [1.29, 1.82) is 0 Å². The van der Waals surface area contributed by atoms with E-state index in [1.165, 1.54) is 0 Å². The summed E-state index contributed by atoms with van der Waals surface area (Å²) in [6.07, 6.45) is 3.31. The van der Waals surface area contributed by atoms with Crippen LogP contribution in [-0.4, -0.2) is 14.8 Å². The zero-order chi connectivity index (χ0) is 11.8. The lowest BCUT2D eigenvalue weighted by molar-refractivity contribution is 0.492. The molecular formula is C11H9ClN4O. The molecule has 0 saturated heterocycles. The molecule has 2 heterocycles. The third-order valence-corrected chi connectivity index (χ3v) is 2.58. The van der Waals surface area contributed by atoms with Crippen molar-refractivity contribution in [2.45, 2.75) is 6.54 Å². The highest BCUT2D eigenvalue weighted by Gasteiger charge is 2.07. The molecular weight excluding hydrogens is 240 g/mol. The predicted octanol–water partition coefficient (Wildman–Crippen LogP) is 2.31. The molecule has 0 unspecified atom stereocenters. The molecule has 6 heteroatoms. The van der Waals surface area contributed by atoms with E-state index in [4.69, 9.17) is 21.8 Å². The number of oxazole rings is 1. The largest absolute Gasteiger partial charge is 0.439 e. The highest BCUT2D eigenvalue weighted by atomic mass is 35.5. The van der Waals surface area contributed by atoms with Crippen LogP contribution >= 0.6 is 11.6 Å². The van der Waals surface area contributed by atoms with E-state index < -0.39 is 0 Å². The van der Waals surface area contributed by atoms with Crippen molar-refractivity contribution in [1.82, 2.24) is 14.8 Å². The van der Waals surface area contributed by atoms with Gasteiger partial charge >= 0.3 is 0 Å². The Kier molecular flexibility index (Phi) is 2.26. The summed E-state index contributed by atoms with van der Waals surface area (Å²) >= 11 is 5.87. The Bertz CT molecular complexity index is 673. The van der Waals surface area contributed by atoms with Crippen molar-refractivity contribution in [3.8, 4) is 0 Å². The molecule has 0 amide bonds. The van der Waals surface area contributed by atoms with Crippen LogP contribution in [0, 0.1) is 0 Å². The summed E-state index contributed by atoms with van der Waals surface area (Å²) in [4.78, 5) is 4.33. The van der Waals surface area contributed by atoms with Gasteiger partial charge in [-0.05, 0) is 12.1 Å². The second-order valence-corrected chi connectivity index (χ2v) is 4.13. The average Bonchev–Trinajstić information content (AvgIpc) is 2.84. The summed E-state index contributed by atoms with van der Waals surface area (Å²) in [5.41, 5.74) is 7.65. The first kappa shape index (κ1) is 10.2. The molecule has 0 spiro atoms. The first-order chi connectivity index (χ1) is 8.20. The van der Waals surface area contributed by atoms with Gasteiger partial charge in [-0.15, -0.1) is 0 Å². The van der Waals surface area contributed by atoms with Crippen LogP contribution in [0.3, 0.4) is 0 Å². The molecule has 3 aromatic rings. The number of anilines is 1. The van der Waals surface area contributed by atoms with Gasteiger partial charge in [0.05, 0.1) is 11.9 Å². The Morgan fingerprint density at radius 3 is 3.06 bits per heavy atom. The van der Waals surface area contributed by atoms with Gasteiger partial charge in [0.2, 0.25) is 5.89 Å². The Labute approximate surface area is 102 Å². The number of hydrogen-bond donors (Lipinski definition) is 1. The maximum absolute atomic E-state index is 5.87. The van der Waals surface area contributed by atoms with Crippen LogP contribution < -0.4 is 5.73 Å². The van der Waals surface area contributed by atoms with Crippen molar-refractivity contribution in [3.63, 3.8) is 0 Å². The molecule has 0 fully saturated rings. The van der Waals surface area contributed by atoms with Crippen molar-refractivity contribution in [2.24, 2.45) is 0 Å². The van der Waals surface area contributed by atoms with Crippen molar-refractivity contribution < 1.29 is 4.42 Å². The average molecular weight is 249 g/mol. The highest BCUT2D eigenvalue weighted by molar-refractivity contribution is 6.31. The lowest BCUT2D eigenvalue weighted by atomic mass is 10.3. The number of fused-ring (bicyclic) bond motifs is 1. The number of nitrogens with two attached hydrogens (primary N) is 1. The molecule has 86 valence electrons. The van der Waals surface area contributed by atoms with E-state index in [1.54, 1.807) is 29.2 Å². The van der Waals surface area contributed by atoms with Gasteiger partial charge in [0, 0.05) is 17.3 Å². The fourth-order valence-electron chi connectivity index (χ4n) is 1.62. The molecule has 1 aromatic carbocycles. The number of halogens is 1. The summed E-state index contributed by atoms with van der Waals surface area (Å²) < 4.78 is 7.23. The first-order valence-electron chi connectivity index (χ1n) is 5.03. The van der Waals surface area contributed by atoms with Crippen LogP contribution in [0.25, 0.3) is 11.1 Å². The van der Waals surface area contributed by atoms with Crippen LogP contribution in [0.15, 0.2) is 35.0 Å². The number of nitrogens with zero attached hydrogens (tertiary/aromatic N) is 3. The monoisotopic (exact) mass is 248 g/mol. The van der Waals surface area contributed by atoms with Crippen molar-refractivity contribution in [3.05, 3.63) is 41.5 Å². The Morgan fingerprint density at radius 1 is 1.41 bits per heavy atom. The van der Waals surface area contributed by atoms with Gasteiger partial charge in [-0.2, -0.15) is 5.10 Å². The molecule has 17 heavy (non-hydrogen) atoms. The van der Waals surface area contributed by atoms with Gasteiger partial charge in [-0.1, -0.05) is 11.6 Å². The minimum atomic E-state index is 0.448. The molecule has 0 radical (unpaired) electrons. The standard InChI is InChI=1S/C11H9ClN4O/c12-7-1-2-9-10(3-7)17-11(15-9)6-16-5-8(13)4-14-16/h1-5H,6,13H2. The van der Waals surface area contributed by atoms with Gasteiger partial charge in [-0.25, -0.2) is 4.98 Å². The molecule has 2 N–H and O–H groups in total. The van der Waals surface area contributed by atoms with E-state index >= 15 is 0 Å². The predicted molar refractivity (Wildman–Crippen MR) is 64.8 cm³/mol. The molecule has 2 aromatic heterocycles. The van der Waals surface area contributed by atoms with E-state index in [0.29, 0.717) is 28.7 Å².